The fourth-order valence-electron chi connectivity index (χ4n) is 3.17. The number of hydrogen-bond acceptors (Lipinski definition) is 9. The second kappa shape index (κ2) is 22.8. The van der Waals surface area contributed by atoms with Crippen molar-refractivity contribution in [2.24, 2.45) is 5.73 Å². The zero-order valence-corrected chi connectivity index (χ0v) is 22.4. The highest BCUT2D eigenvalue weighted by Crippen LogP contribution is 2.43. The number of phosphoric ester groups is 1. The molecule has 0 aliphatic heterocycles. The molecule has 0 saturated heterocycles. The molecule has 0 aromatic rings. The molecule has 12 heteroatoms. The van der Waals surface area contributed by atoms with E-state index in [2.05, 4.69) is 33.0 Å². The molecule has 3 atom stereocenters. The van der Waals surface area contributed by atoms with Crippen LogP contribution in [0.2, 0.25) is 0 Å². The van der Waals surface area contributed by atoms with Crippen molar-refractivity contribution >= 4 is 19.8 Å². The lowest BCUT2D eigenvalue weighted by atomic mass is 10.1. The van der Waals surface area contributed by atoms with Crippen LogP contribution in [0, 0.1) is 0 Å². The van der Waals surface area contributed by atoms with Gasteiger partial charge in [-0.25, -0.2) is 9.45 Å². The van der Waals surface area contributed by atoms with E-state index in [0.29, 0.717) is 6.42 Å². The Morgan fingerprint density at radius 2 is 1.39 bits per heavy atom. The first kappa shape index (κ1) is 34.7. The molecular formula is C24H46NO10P. The standard InChI is InChI=1S/C24H46NO10P/c1-2-3-4-5-6-7-8-9-10-11-12-13-14-15-16-17-23(26)32-18-21(35-29)19-33-36(30,31)34-20-22(25)24(27)28/h9-10,21-22,29H,2-8,11-20,25H2,1H3,(H,27,28)(H,30,31)/t21-,22+/m1/s1. The Labute approximate surface area is 214 Å². The van der Waals surface area contributed by atoms with Gasteiger partial charge in [-0.15, -0.1) is 0 Å². The van der Waals surface area contributed by atoms with Gasteiger partial charge in [-0.3, -0.25) is 23.9 Å². The Balaban J connectivity index is 3.74. The Kier molecular flexibility index (Phi) is 22.0. The van der Waals surface area contributed by atoms with Crippen molar-refractivity contribution in [1.82, 2.24) is 0 Å². The molecule has 11 nitrogen and oxygen atoms in total. The highest BCUT2D eigenvalue weighted by Gasteiger charge is 2.27. The highest BCUT2D eigenvalue weighted by molar-refractivity contribution is 7.47. The maximum absolute atomic E-state index is 11.8. The Hall–Kier alpha value is -1.33. The summed E-state index contributed by atoms with van der Waals surface area (Å²) in [5, 5.41) is 17.5. The van der Waals surface area contributed by atoms with E-state index >= 15 is 0 Å². The molecule has 0 amide bonds. The molecule has 1 unspecified atom stereocenters. The smallest absolute Gasteiger partial charge is 0.472 e. The van der Waals surface area contributed by atoms with Gasteiger partial charge in [0.2, 0.25) is 0 Å². The van der Waals surface area contributed by atoms with Crippen molar-refractivity contribution in [1.29, 1.82) is 0 Å². The number of esters is 1. The summed E-state index contributed by atoms with van der Waals surface area (Å²) in [4.78, 5) is 36.0. The second-order valence-corrected chi connectivity index (χ2v) is 10.2. The number of carboxylic acids is 1. The number of hydrogen-bond donors (Lipinski definition) is 4. The average Bonchev–Trinajstić information content (AvgIpc) is 2.84. The number of allylic oxidation sites excluding steroid dienone is 2. The number of phosphoric acid groups is 1. The summed E-state index contributed by atoms with van der Waals surface area (Å²) in [5.41, 5.74) is 5.16. The number of carbonyl (C=O) groups excluding carboxylic acids is 1. The third-order valence-electron chi connectivity index (χ3n) is 5.38. The molecular weight excluding hydrogens is 493 g/mol. The monoisotopic (exact) mass is 539 g/mol. The van der Waals surface area contributed by atoms with Crippen molar-refractivity contribution in [3.8, 4) is 0 Å². The topological polar surface area (TPSA) is 175 Å². The molecule has 0 saturated carbocycles. The van der Waals surface area contributed by atoms with Gasteiger partial charge in [0.05, 0.1) is 13.2 Å². The van der Waals surface area contributed by atoms with Gasteiger partial charge in [-0.2, -0.15) is 0 Å². The number of carbonyl (C=O) groups is 2. The number of ether oxygens (including phenoxy) is 1. The Morgan fingerprint density at radius 1 is 0.861 bits per heavy atom. The van der Waals surface area contributed by atoms with Gasteiger partial charge in [0.15, 0.2) is 6.10 Å². The highest BCUT2D eigenvalue weighted by atomic mass is 31.2. The molecule has 0 aliphatic carbocycles. The van der Waals surface area contributed by atoms with Crippen LogP contribution in [-0.2, 0) is 32.8 Å². The largest absolute Gasteiger partial charge is 0.480 e. The van der Waals surface area contributed by atoms with E-state index in [9.17, 15) is 19.0 Å². The first-order chi connectivity index (χ1) is 17.2. The minimum Gasteiger partial charge on any atom is -0.480 e. The molecule has 0 fully saturated rings. The van der Waals surface area contributed by atoms with Crippen LogP contribution in [0.4, 0.5) is 0 Å². The Bertz CT molecular complexity index is 646. The van der Waals surface area contributed by atoms with Crippen molar-refractivity contribution in [3.63, 3.8) is 0 Å². The summed E-state index contributed by atoms with van der Waals surface area (Å²) in [6, 6.07) is -1.50. The van der Waals surface area contributed by atoms with Gasteiger partial charge in [-0.1, -0.05) is 70.4 Å². The fraction of sp³-hybridized carbons (Fsp3) is 0.833. The molecule has 0 aromatic carbocycles. The number of carboxylic acid groups (broad SMARTS) is 1. The van der Waals surface area contributed by atoms with Gasteiger partial charge in [0, 0.05) is 6.42 Å². The van der Waals surface area contributed by atoms with E-state index in [1.165, 1.54) is 38.5 Å². The zero-order valence-electron chi connectivity index (χ0n) is 21.6. The molecule has 5 N–H and O–H groups in total. The predicted octanol–water partition coefficient (Wildman–Crippen LogP) is 4.97. The summed E-state index contributed by atoms with van der Waals surface area (Å²) in [6.07, 6.45) is 18.6. The molecule has 0 aromatic heterocycles. The van der Waals surface area contributed by atoms with Gasteiger partial charge in [0.1, 0.15) is 12.6 Å². The lowest BCUT2D eigenvalue weighted by molar-refractivity contribution is -0.290. The minimum atomic E-state index is -4.63. The summed E-state index contributed by atoms with van der Waals surface area (Å²) in [7, 11) is -4.63. The van der Waals surface area contributed by atoms with E-state index < -0.39 is 51.7 Å². The minimum absolute atomic E-state index is 0.214. The van der Waals surface area contributed by atoms with E-state index in [-0.39, 0.29) is 6.42 Å². The molecule has 0 bridgehead atoms. The van der Waals surface area contributed by atoms with Gasteiger partial charge >= 0.3 is 19.8 Å². The molecule has 0 heterocycles. The lowest BCUT2D eigenvalue weighted by Gasteiger charge is -2.17. The lowest BCUT2D eigenvalue weighted by Crippen LogP contribution is -2.34. The van der Waals surface area contributed by atoms with Crippen molar-refractivity contribution in [2.75, 3.05) is 19.8 Å². The Morgan fingerprint density at radius 3 is 1.94 bits per heavy atom. The van der Waals surface area contributed by atoms with Gasteiger partial charge < -0.3 is 20.5 Å². The normalized spacial score (nSPS) is 15.0. The molecule has 0 spiro atoms. The summed E-state index contributed by atoms with van der Waals surface area (Å²) in [6.45, 7) is 0.453. The number of aliphatic carboxylic acids is 1. The maximum atomic E-state index is 11.8. The van der Waals surface area contributed by atoms with E-state index in [1.54, 1.807) is 0 Å². The van der Waals surface area contributed by atoms with Crippen LogP contribution in [0.1, 0.15) is 96.8 Å². The third kappa shape index (κ3) is 21.9. The predicted molar refractivity (Wildman–Crippen MR) is 135 cm³/mol. The summed E-state index contributed by atoms with van der Waals surface area (Å²) < 4.78 is 25.7. The van der Waals surface area contributed by atoms with E-state index in [1.807, 2.05) is 0 Å². The average molecular weight is 540 g/mol. The second-order valence-electron chi connectivity index (χ2n) is 8.75. The van der Waals surface area contributed by atoms with Gasteiger partial charge in [0.25, 0.3) is 0 Å². The number of nitrogens with two attached hydrogens (primary N) is 1. The third-order valence-corrected chi connectivity index (χ3v) is 6.33. The molecule has 212 valence electrons. The molecule has 36 heavy (non-hydrogen) atoms. The van der Waals surface area contributed by atoms with Gasteiger partial charge in [-0.05, 0) is 32.1 Å². The maximum Gasteiger partial charge on any atom is 0.472 e. The molecule has 0 rings (SSSR count). The van der Waals surface area contributed by atoms with Crippen molar-refractivity contribution in [2.45, 2.75) is 109 Å². The van der Waals surface area contributed by atoms with Crippen LogP contribution in [0.5, 0.6) is 0 Å². The van der Waals surface area contributed by atoms with Crippen molar-refractivity contribution < 1.29 is 48.1 Å². The van der Waals surface area contributed by atoms with Crippen LogP contribution in [0.15, 0.2) is 12.2 Å². The fourth-order valence-corrected chi connectivity index (χ4v) is 3.95. The first-order valence-electron chi connectivity index (χ1n) is 12.9. The van der Waals surface area contributed by atoms with Crippen LogP contribution in [-0.4, -0.2) is 59.2 Å². The number of unbranched alkanes of at least 4 members (excludes halogenated alkanes) is 11. The summed E-state index contributed by atoms with van der Waals surface area (Å²) in [5.74, 6) is -1.89. The van der Waals surface area contributed by atoms with Crippen LogP contribution < -0.4 is 5.73 Å². The van der Waals surface area contributed by atoms with E-state index in [0.717, 1.165) is 38.5 Å². The zero-order chi connectivity index (χ0) is 27.1. The quantitative estimate of drug-likeness (QED) is 0.0308. The van der Waals surface area contributed by atoms with Crippen LogP contribution >= 0.6 is 7.82 Å². The first-order valence-corrected chi connectivity index (χ1v) is 14.4. The van der Waals surface area contributed by atoms with Crippen LogP contribution in [0.25, 0.3) is 0 Å². The number of rotatable bonds is 25. The molecule has 0 radical (unpaired) electrons. The van der Waals surface area contributed by atoms with Crippen LogP contribution in [0.3, 0.4) is 0 Å². The summed E-state index contributed by atoms with van der Waals surface area (Å²) >= 11 is 0. The van der Waals surface area contributed by atoms with E-state index in [4.69, 9.17) is 20.8 Å². The SMILES string of the molecule is CCCCCCCCC=CCCCCCCCC(=O)OC[C@H](COP(=O)(O)OC[C@H](N)C(=O)O)OO. The molecule has 0 aliphatic rings. The van der Waals surface area contributed by atoms with Crippen molar-refractivity contribution in [3.05, 3.63) is 12.2 Å².